The van der Waals surface area contributed by atoms with Crippen LogP contribution in [-0.4, -0.2) is 42.1 Å². The first-order valence-electron chi connectivity index (χ1n) is 5.05. The van der Waals surface area contributed by atoms with Gasteiger partial charge < -0.3 is 4.74 Å². The van der Waals surface area contributed by atoms with E-state index in [4.69, 9.17) is 4.74 Å². The fourth-order valence-electron chi connectivity index (χ4n) is 2.08. The Hall–Kier alpha value is 0.400. The Bertz CT molecular complexity index is 154. The number of ether oxygens (including phenoxy) is 1. The molecule has 0 aromatic heterocycles. The number of rotatable bonds is 3. The molecule has 0 spiro atoms. The standard InChI is InChI=1S/C10H20BrNO/c1-8(7-13-3)12-6-4-5-10(11)9(12)2/h8-10H,4-7H2,1-3H3. The van der Waals surface area contributed by atoms with E-state index in [9.17, 15) is 0 Å². The Morgan fingerprint density at radius 1 is 1.62 bits per heavy atom. The third-order valence-electron chi connectivity index (χ3n) is 2.92. The highest BCUT2D eigenvalue weighted by molar-refractivity contribution is 9.09. The zero-order valence-electron chi connectivity index (χ0n) is 8.79. The topological polar surface area (TPSA) is 12.5 Å². The Morgan fingerprint density at radius 2 is 2.31 bits per heavy atom. The molecule has 3 unspecified atom stereocenters. The monoisotopic (exact) mass is 249 g/mol. The van der Waals surface area contributed by atoms with Crippen molar-refractivity contribution in [2.75, 3.05) is 20.3 Å². The fraction of sp³-hybridized carbons (Fsp3) is 1.00. The van der Waals surface area contributed by atoms with E-state index in [1.807, 2.05) is 0 Å². The number of halogens is 1. The average molecular weight is 250 g/mol. The molecule has 3 atom stereocenters. The van der Waals surface area contributed by atoms with Crippen LogP contribution in [0.25, 0.3) is 0 Å². The number of likely N-dealkylation sites (tertiary alicyclic amines) is 1. The molecule has 2 nitrogen and oxygen atoms in total. The van der Waals surface area contributed by atoms with E-state index in [1.165, 1.54) is 19.4 Å². The van der Waals surface area contributed by atoms with E-state index in [1.54, 1.807) is 7.11 Å². The molecule has 0 bridgehead atoms. The number of methoxy groups -OCH3 is 1. The van der Waals surface area contributed by atoms with Gasteiger partial charge in [-0.15, -0.1) is 0 Å². The van der Waals surface area contributed by atoms with Crippen LogP contribution in [0.5, 0.6) is 0 Å². The van der Waals surface area contributed by atoms with Gasteiger partial charge in [-0.3, -0.25) is 4.90 Å². The van der Waals surface area contributed by atoms with Gasteiger partial charge in [-0.1, -0.05) is 15.9 Å². The summed E-state index contributed by atoms with van der Waals surface area (Å²) in [6.45, 7) is 6.59. The van der Waals surface area contributed by atoms with Crippen LogP contribution in [0.15, 0.2) is 0 Å². The van der Waals surface area contributed by atoms with Crippen molar-refractivity contribution in [1.82, 2.24) is 4.90 Å². The van der Waals surface area contributed by atoms with Crippen LogP contribution in [0.4, 0.5) is 0 Å². The summed E-state index contributed by atoms with van der Waals surface area (Å²) in [4.78, 5) is 3.19. The van der Waals surface area contributed by atoms with Crippen molar-refractivity contribution < 1.29 is 4.74 Å². The molecule has 78 valence electrons. The summed E-state index contributed by atoms with van der Waals surface area (Å²) in [5.74, 6) is 0. The van der Waals surface area contributed by atoms with Gasteiger partial charge in [0, 0.05) is 24.0 Å². The van der Waals surface area contributed by atoms with Gasteiger partial charge in [0.1, 0.15) is 0 Å². The summed E-state index contributed by atoms with van der Waals surface area (Å²) in [5.41, 5.74) is 0. The first-order chi connectivity index (χ1) is 6.16. The summed E-state index contributed by atoms with van der Waals surface area (Å²) in [7, 11) is 1.77. The van der Waals surface area contributed by atoms with Crippen LogP contribution >= 0.6 is 15.9 Å². The van der Waals surface area contributed by atoms with Gasteiger partial charge in [0.2, 0.25) is 0 Å². The summed E-state index contributed by atoms with van der Waals surface area (Å²) in [6, 6.07) is 1.18. The summed E-state index contributed by atoms with van der Waals surface area (Å²) >= 11 is 3.73. The van der Waals surface area contributed by atoms with Gasteiger partial charge in [0.05, 0.1) is 6.61 Å². The molecule has 1 aliphatic heterocycles. The Kier molecular flexibility index (Phi) is 4.70. The molecule has 0 saturated carbocycles. The van der Waals surface area contributed by atoms with Gasteiger partial charge in [-0.25, -0.2) is 0 Å². The maximum atomic E-state index is 5.18. The van der Waals surface area contributed by atoms with Crippen LogP contribution in [0.1, 0.15) is 26.7 Å². The van der Waals surface area contributed by atoms with E-state index in [2.05, 4.69) is 34.7 Å². The number of hydrogen-bond acceptors (Lipinski definition) is 2. The Morgan fingerprint density at radius 3 is 2.92 bits per heavy atom. The Balaban J connectivity index is 2.46. The molecule has 1 rings (SSSR count). The van der Waals surface area contributed by atoms with Crippen molar-refractivity contribution >= 4 is 15.9 Å². The lowest BCUT2D eigenvalue weighted by molar-refractivity contribution is 0.0590. The molecule has 1 fully saturated rings. The number of hydrogen-bond donors (Lipinski definition) is 0. The van der Waals surface area contributed by atoms with Gasteiger partial charge in [-0.2, -0.15) is 0 Å². The van der Waals surface area contributed by atoms with Crippen LogP contribution in [0.2, 0.25) is 0 Å². The highest BCUT2D eigenvalue weighted by Crippen LogP contribution is 2.25. The predicted octanol–water partition coefficient (Wildman–Crippen LogP) is 2.27. The SMILES string of the molecule is COCC(C)N1CCCC(Br)C1C. The highest BCUT2D eigenvalue weighted by Gasteiger charge is 2.28. The van der Waals surface area contributed by atoms with Crippen molar-refractivity contribution in [3.05, 3.63) is 0 Å². The highest BCUT2D eigenvalue weighted by atomic mass is 79.9. The lowest BCUT2D eigenvalue weighted by Crippen LogP contribution is -2.49. The molecule has 0 aromatic carbocycles. The van der Waals surface area contributed by atoms with Gasteiger partial charge in [-0.05, 0) is 33.2 Å². The lowest BCUT2D eigenvalue weighted by atomic mass is 10.0. The second-order valence-corrected chi connectivity index (χ2v) is 5.12. The maximum absolute atomic E-state index is 5.18. The van der Waals surface area contributed by atoms with Crippen molar-refractivity contribution in [2.45, 2.75) is 43.6 Å². The van der Waals surface area contributed by atoms with E-state index < -0.39 is 0 Å². The minimum Gasteiger partial charge on any atom is -0.383 e. The summed E-state index contributed by atoms with van der Waals surface area (Å²) in [6.07, 6.45) is 2.60. The first kappa shape index (κ1) is 11.5. The molecule has 1 aliphatic rings. The van der Waals surface area contributed by atoms with Crippen molar-refractivity contribution in [3.63, 3.8) is 0 Å². The smallest absolute Gasteiger partial charge is 0.0615 e. The minimum absolute atomic E-state index is 0.542. The number of piperidine rings is 1. The molecule has 0 radical (unpaired) electrons. The Labute approximate surface area is 89.8 Å². The summed E-state index contributed by atoms with van der Waals surface area (Å²) in [5, 5.41) is 0. The average Bonchev–Trinajstić information content (AvgIpc) is 2.10. The van der Waals surface area contributed by atoms with E-state index in [0.717, 1.165) is 6.61 Å². The predicted molar refractivity (Wildman–Crippen MR) is 59.5 cm³/mol. The largest absolute Gasteiger partial charge is 0.383 e. The number of nitrogens with zero attached hydrogens (tertiary/aromatic N) is 1. The quantitative estimate of drug-likeness (QED) is 0.712. The molecule has 0 aliphatic carbocycles. The third-order valence-corrected chi connectivity index (χ3v) is 4.14. The fourth-order valence-corrected chi connectivity index (χ4v) is 2.71. The van der Waals surface area contributed by atoms with Gasteiger partial charge >= 0.3 is 0 Å². The van der Waals surface area contributed by atoms with Gasteiger partial charge in [0.25, 0.3) is 0 Å². The van der Waals surface area contributed by atoms with Gasteiger partial charge in [0.15, 0.2) is 0 Å². The molecule has 0 aromatic rings. The van der Waals surface area contributed by atoms with E-state index >= 15 is 0 Å². The summed E-state index contributed by atoms with van der Waals surface area (Å²) < 4.78 is 5.18. The molecule has 13 heavy (non-hydrogen) atoms. The van der Waals surface area contributed by atoms with Crippen LogP contribution in [0, 0.1) is 0 Å². The third kappa shape index (κ3) is 2.93. The van der Waals surface area contributed by atoms with Crippen molar-refractivity contribution in [1.29, 1.82) is 0 Å². The van der Waals surface area contributed by atoms with Crippen molar-refractivity contribution in [3.8, 4) is 0 Å². The first-order valence-corrected chi connectivity index (χ1v) is 5.97. The zero-order valence-corrected chi connectivity index (χ0v) is 10.4. The minimum atomic E-state index is 0.542. The molecule has 0 amide bonds. The van der Waals surface area contributed by atoms with Crippen LogP contribution in [0.3, 0.4) is 0 Å². The maximum Gasteiger partial charge on any atom is 0.0615 e. The zero-order chi connectivity index (χ0) is 9.84. The molecular weight excluding hydrogens is 230 g/mol. The van der Waals surface area contributed by atoms with Crippen LogP contribution in [-0.2, 0) is 4.74 Å². The second kappa shape index (κ2) is 5.32. The molecular formula is C10H20BrNO. The molecule has 1 heterocycles. The lowest BCUT2D eigenvalue weighted by Gasteiger charge is -2.40. The van der Waals surface area contributed by atoms with Crippen LogP contribution < -0.4 is 0 Å². The molecule has 3 heteroatoms. The van der Waals surface area contributed by atoms with E-state index in [-0.39, 0.29) is 0 Å². The number of alkyl halides is 1. The molecule has 0 N–H and O–H groups in total. The normalized spacial score (nSPS) is 33.2. The second-order valence-electron chi connectivity index (χ2n) is 3.94. The van der Waals surface area contributed by atoms with E-state index in [0.29, 0.717) is 16.9 Å². The molecule has 1 saturated heterocycles. The van der Waals surface area contributed by atoms with Crippen molar-refractivity contribution in [2.24, 2.45) is 0 Å².